The molecule has 0 saturated carbocycles. The summed E-state index contributed by atoms with van der Waals surface area (Å²) in [6.07, 6.45) is 1.23. The van der Waals surface area contributed by atoms with Gasteiger partial charge in [0, 0.05) is 13.2 Å². The topological polar surface area (TPSA) is 74.6 Å². The molecule has 1 fully saturated rings. The molecule has 0 amide bonds. The van der Waals surface area contributed by atoms with Crippen LogP contribution in [0.25, 0.3) is 10.9 Å². The number of hydrogen-bond acceptors (Lipinski definition) is 4. The maximum absolute atomic E-state index is 14.8. The van der Waals surface area contributed by atoms with Crippen molar-refractivity contribution in [2.24, 2.45) is 0 Å². The summed E-state index contributed by atoms with van der Waals surface area (Å²) >= 11 is 0. The van der Waals surface area contributed by atoms with Gasteiger partial charge in [0.2, 0.25) is 5.43 Å². The molecule has 1 aliphatic rings. The van der Waals surface area contributed by atoms with Crippen LogP contribution in [-0.4, -0.2) is 66.6 Å². The first kappa shape index (κ1) is 19.2. The number of anilines is 1. The number of benzene rings is 1. The van der Waals surface area contributed by atoms with Crippen molar-refractivity contribution in [2.45, 2.75) is 19.9 Å². The summed E-state index contributed by atoms with van der Waals surface area (Å²) in [7, 11) is 3.83. The molecule has 1 aromatic carbocycles. The van der Waals surface area contributed by atoms with Gasteiger partial charge in [0.1, 0.15) is 11.4 Å². The molecule has 1 aliphatic heterocycles. The molecule has 146 valence electrons. The first-order valence-corrected chi connectivity index (χ1v) is 9.07. The summed E-state index contributed by atoms with van der Waals surface area (Å²) in [5.74, 6) is -1.84. The monoisotopic (exact) mass is 377 g/mol. The van der Waals surface area contributed by atoms with Crippen molar-refractivity contribution < 1.29 is 18.8 Å². The Balaban J connectivity index is 2.07. The lowest BCUT2D eigenvalue weighted by molar-refractivity contribution is -0.930. The Morgan fingerprint density at radius 1 is 1.30 bits per heavy atom. The number of piperazine rings is 1. The fraction of sp³-hybridized carbons (Fsp3) is 0.474. The first-order chi connectivity index (χ1) is 12.7. The van der Waals surface area contributed by atoms with Crippen LogP contribution in [0.2, 0.25) is 0 Å². The number of fused-ring (bicyclic) bond motifs is 1. The number of carbonyl (C=O) groups is 1. The molecule has 0 aliphatic carbocycles. The predicted octanol–water partition coefficient (Wildman–Crippen LogP) is 1.69. The van der Waals surface area contributed by atoms with Crippen LogP contribution in [0.1, 0.15) is 24.2 Å². The molecule has 7 nitrogen and oxygen atoms in total. The van der Waals surface area contributed by atoms with Gasteiger partial charge in [0.25, 0.3) is 0 Å². The Morgan fingerprint density at radius 2 is 1.93 bits per heavy atom. The number of quaternary nitrogens is 1. The van der Waals surface area contributed by atoms with E-state index in [-0.39, 0.29) is 5.39 Å². The van der Waals surface area contributed by atoms with Crippen LogP contribution in [0.4, 0.5) is 10.1 Å². The summed E-state index contributed by atoms with van der Waals surface area (Å²) in [6.45, 7) is 7.63. The van der Waals surface area contributed by atoms with Crippen molar-refractivity contribution in [3.05, 3.63) is 39.9 Å². The largest absolute Gasteiger partial charge is 0.477 e. The average molecular weight is 377 g/mol. The van der Waals surface area contributed by atoms with Gasteiger partial charge in [-0.2, -0.15) is 0 Å². The Hall–Kier alpha value is -2.61. The van der Waals surface area contributed by atoms with E-state index < -0.39 is 22.8 Å². The van der Waals surface area contributed by atoms with Crippen LogP contribution in [-0.2, 0) is 0 Å². The van der Waals surface area contributed by atoms with Gasteiger partial charge in [0.15, 0.2) is 0 Å². The van der Waals surface area contributed by atoms with E-state index in [4.69, 9.17) is 0 Å². The van der Waals surface area contributed by atoms with Crippen LogP contribution in [0, 0.1) is 5.82 Å². The number of hydrogen-bond donors (Lipinski definition) is 2. The van der Waals surface area contributed by atoms with Crippen LogP contribution >= 0.6 is 0 Å². The van der Waals surface area contributed by atoms with Gasteiger partial charge in [-0.3, -0.25) is 9.47 Å². The smallest absolute Gasteiger partial charge is 0.341 e. The predicted molar refractivity (Wildman–Crippen MR) is 104 cm³/mol. The summed E-state index contributed by atoms with van der Waals surface area (Å²) in [5.41, 5.74) is 2.65. The molecule has 2 N–H and O–H groups in total. The molecule has 0 radical (unpaired) electrons. The molecule has 0 bridgehead atoms. The molecule has 3 rings (SSSR count). The van der Waals surface area contributed by atoms with Crippen LogP contribution in [0.3, 0.4) is 0 Å². The molecule has 0 unspecified atom stereocenters. The van der Waals surface area contributed by atoms with Gasteiger partial charge in [-0.15, -0.1) is 0 Å². The Bertz CT molecular complexity index is 946. The number of nitrogens with one attached hydrogen (secondary N) is 1. The van der Waals surface area contributed by atoms with E-state index in [0.29, 0.717) is 30.3 Å². The Kier molecular flexibility index (Phi) is 4.86. The fourth-order valence-corrected chi connectivity index (χ4v) is 3.59. The van der Waals surface area contributed by atoms with Gasteiger partial charge in [-0.25, -0.2) is 9.18 Å². The van der Waals surface area contributed by atoms with Crippen molar-refractivity contribution in [1.29, 1.82) is 0 Å². The lowest BCUT2D eigenvalue weighted by Crippen LogP contribution is -2.60. The maximum atomic E-state index is 14.8. The second kappa shape index (κ2) is 6.84. The highest BCUT2D eigenvalue weighted by Gasteiger charge is 2.32. The van der Waals surface area contributed by atoms with Gasteiger partial charge in [-0.1, -0.05) is 0 Å². The molecule has 1 saturated heterocycles. The Morgan fingerprint density at radius 3 is 2.44 bits per heavy atom. The minimum Gasteiger partial charge on any atom is -0.477 e. The van der Waals surface area contributed by atoms with Crippen LogP contribution < -0.4 is 15.8 Å². The highest BCUT2D eigenvalue weighted by Crippen LogP contribution is 2.27. The van der Waals surface area contributed by atoms with Gasteiger partial charge in [0.05, 0.1) is 55.9 Å². The molecule has 27 heavy (non-hydrogen) atoms. The standard InChI is InChI=1S/C19H25FN4O3/c1-12(2)24(4)7-5-22(6-8-24)17-10-16-13(9-15(17)20)18(25)14(19(26)27)11-23(16)21-3/h9-12,21H,5-8H2,1-4H3/p+1. The van der Waals surface area contributed by atoms with E-state index in [2.05, 4.69) is 26.3 Å². The average Bonchev–Trinajstić information content (AvgIpc) is 2.62. The van der Waals surface area contributed by atoms with E-state index in [9.17, 15) is 19.1 Å². The number of aromatic nitrogens is 1. The normalized spacial score (nSPS) is 16.7. The number of nitrogens with zero attached hydrogens (tertiary/aromatic N) is 3. The van der Waals surface area contributed by atoms with Crippen molar-refractivity contribution in [1.82, 2.24) is 4.68 Å². The van der Waals surface area contributed by atoms with Crippen molar-refractivity contribution in [2.75, 3.05) is 50.6 Å². The van der Waals surface area contributed by atoms with E-state index in [1.54, 1.807) is 13.1 Å². The molecule has 0 spiro atoms. The number of rotatable bonds is 4. The Labute approximate surface area is 157 Å². The van der Waals surface area contributed by atoms with E-state index in [1.807, 2.05) is 4.90 Å². The highest BCUT2D eigenvalue weighted by atomic mass is 19.1. The number of pyridine rings is 1. The summed E-state index contributed by atoms with van der Waals surface area (Å²) < 4.78 is 17.2. The number of carboxylic acid groups (broad SMARTS) is 1. The maximum Gasteiger partial charge on any atom is 0.341 e. The van der Waals surface area contributed by atoms with Crippen molar-refractivity contribution >= 4 is 22.6 Å². The van der Waals surface area contributed by atoms with Crippen LogP contribution in [0.5, 0.6) is 0 Å². The van der Waals surface area contributed by atoms with E-state index in [1.165, 1.54) is 10.9 Å². The SMILES string of the molecule is CNn1cc(C(=O)O)c(=O)c2cc(F)c(N3CC[N+](C)(C(C)C)CC3)cc21. The molecule has 2 heterocycles. The van der Waals surface area contributed by atoms with E-state index in [0.717, 1.165) is 23.6 Å². The third-order valence-corrected chi connectivity index (χ3v) is 5.89. The molecule has 2 aromatic rings. The lowest BCUT2D eigenvalue weighted by atomic mass is 10.1. The summed E-state index contributed by atoms with van der Waals surface area (Å²) in [4.78, 5) is 25.7. The lowest BCUT2D eigenvalue weighted by Gasteiger charge is -2.45. The van der Waals surface area contributed by atoms with Crippen molar-refractivity contribution in [3.8, 4) is 0 Å². The van der Waals surface area contributed by atoms with E-state index >= 15 is 0 Å². The summed E-state index contributed by atoms with van der Waals surface area (Å²) in [6, 6.07) is 3.27. The number of aromatic carboxylic acids is 1. The summed E-state index contributed by atoms with van der Waals surface area (Å²) in [5, 5.41) is 9.27. The van der Waals surface area contributed by atoms with Gasteiger partial charge >= 0.3 is 5.97 Å². The quantitative estimate of drug-likeness (QED) is 0.793. The third kappa shape index (κ3) is 3.25. The molecular formula is C19H26FN4O3+. The molecule has 0 atom stereocenters. The third-order valence-electron chi connectivity index (χ3n) is 5.89. The second-order valence-corrected chi connectivity index (χ2v) is 7.60. The van der Waals surface area contributed by atoms with Crippen molar-refractivity contribution in [3.63, 3.8) is 0 Å². The zero-order chi connectivity index (χ0) is 19.9. The zero-order valence-corrected chi connectivity index (χ0v) is 16.1. The first-order valence-electron chi connectivity index (χ1n) is 9.07. The van der Waals surface area contributed by atoms with Crippen LogP contribution in [0.15, 0.2) is 23.1 Å². The minimum absolute atomic E-state index is 0.0466. The van der Waals surface area contributed by atoms with Gasteiger partial charge < -0.3 is 19.9 Å². The number of likely N-dealkylation sites (N-methyl/N-ethyl adjacent to an activating group) is 1. The molecule has 8 heteroatoms. The zero-order valence-electron chi connectivity index (χ0n) is 16.1. The minimum atomic E-state index is -1.34. The number of halogens is 1. The second-order valence-electron chi connectivity index (χ2n) is 7.60. The van der Waals surface area contributed by atoms with Gasteiger partial charge in [-0.05, 0) is 26.0 Å². The molecular weight excluding hydrogens is 351 g/mol. The fourth-order valence-electron chi connectivity index (χ4n) is 3.59. The highest BCUT2D eigenvalue weighted by molar-refractivity contribution is 5.93. The molecule has 1 aromatic heterocycles. The number of carboxylic acids is 1.